The van der Waals surface area contributed by atoms with Crippen LogP contribution in [0.15, 0.2) is 30.7 Å². The number of hydrogen-bond acceptors (Lipinski definition) is 4. The number of anilines is 1. The lowest BCUT2D eigenvalue weighted by atomic mass is 10.3. The van der Waals surface area contributed by atoms with Crippen molar-refractivity contribution in [1.82, 2.24) is 15.0 Å². The minimum atomic E-state index is 0.0544. The van der Waals surface area contributed by atoms with Crippen LogP contribution < -0.4 is 10.1 Å². The maximum absolute atomic E-state index is 5.21. The number of aromatic amines is 1. The van der Waals surface area contributed by atoms with Crippen LogP contribution in [-0.4, -0.2) is 22.1 Å². The molecule has 5 nitrogen and oxygen atoms in total. The van der Waals surface area contributed by atoms with Crippen molar-refractivity contribution in [2.75, 3.05) is 12.4 Å². The molecule has 1 atom stereocenters. The van der Waals surface area contributed by atoms with Crippen molar-refractivity contribution in [3.05, 3.63) is 36.5 Å². The molecule has 0 bridgehead atoms. The molecular formula is C11H14N4O. The molecule has 2 heterocycles. The average Bonchev–Trinajstić information content (AvgIpc) is 2.83. The molecule has 2 aromatic heterocycles. The molecule has 0 aliphatic heterocycles. The summed E-state index contributed by atoms with van der Waals surface area (Å²) < 4.78 is 5.21. The van der Waals surface area contributed by atoms with Gasteiger partial charge in [-0.15, -0.1) is 0 Å². The minimum Gasteiger partial charge on any atom is -0.493 e. The molecule has 5 heteroatoms. The Morgan fingerprint density at radius 1 is 1.38 bits per heavy atom. The molecule has 2 aromatic rings. The Morgan fingerprint density at radius 3 is 2.94 bits per heavy atom. The quantitative estimate of drug-likeness (QED) is 0.823. The second-order valence-electron chi connectivity index (χ2n) is 3.39. The largest absolute Gasteiger partial charge is 0.493 e. The van der Waals surface area contributed by atoms with E-state index in [0.29, 0.717) is 5.82 Å². The number of ether oxygens (including phenoxy) is 1. The Bertz CT molecular complexity index is 441. The first kappa shape index (κ1) is 10.5. The van der Waals surface area contributed by atoms with Gasteiger partial charge in [0, 0.05) is 18.6 Å². The molecule has 0 spiro atoms. The van der Waals surface area contributed by atoms with Gasteiger partial charge in [0.2, 0.25) is 0 Å². The van der Waals surface area contributed by atoms with Crippen LogP contribution in [0.3, 0.4) is 0 Å². The van der Waals surface area contributed by atoms with E-state index in [2.05, 4.69) is 20.3 Å². The highest BCUT2D eigenvalue weighted by Crippen LogP contribution is 2.23. The molecule has 0 aliphatic carbocycles. The van der Waals surface area contributed by atoms with Crippen molar-refractivity contribution in [3.63, 3.8) is 0 Å². The summed E-state index contributed by atoms with van der Waals surface area (Å²) in [7, 11) is 1.62. The molecule has 84 valence electrons. The Hall–Kier alpha value is -2.04. The first-order valence-corrected chi connectivity index (χ1v) is 5.06. The van der Waals surface area contributed by atoms with Gasteiger partial charge in [0.15, 0.2) is 11.6 Å². The molecule has 0 fully saturated rings. The number of pyridine rings is 1. The molecule has 0 saturated carbocycles. The Kier molecular flexibility index (Phi) is 3.05. The van der Waals surface area contributed by atoms with Gasteiger partial charge in [-0.1, -0.05) is 0 Å². The van der Waals surface area contributed by atoms with E-state index in [0.717, 1.165) is 11.6 Å². The number of hydrogen-bond donors (Lipinski definition) is 2. The Balaban J connectivity index is 2.14. The van der Waals surface area contributed by atoms with E-state index in [4.69, 9.17) is 4.74 Å². The molecule has 0 saturated heterocycles. The van der Waals surface area contributed by atoms with E-state index < -0.39 is 0 Å². The first-order chi connectivity index (χ1) is 7.81. The molecule has 0 radical (unpaired) electrons. The van der Waals surface area contributed by atoms with Gasteiger partial charge in [0.25, 0.3) is 0 Å². The van der Waals surface area contributed by atoms with Gasteiger partial charge >= 0.3 is 0 Å². The molecule has 2 N–H and O–H groups in total. The third-order valence-electron chi connectivity index (χ3n) is 2.27. The van der Waals surface area contributed by atoms with Crippen molar-refractivity contribution in [3.8, 4) is 5.75 Å². The summed E-state index contributed by atoms with van der Waals surface area (Å²) in [5, 5.41) is 3.23. The summed E-state index contributed by atoms with van der Waals surface area (Å²) in [6.07, 6.45) is 5.24. The van der Waals surface area contributed by atoms with Crippen LogP contribution in [-0.2, 0) is 0 Å². The van der Waals surface area contributed by atoms with Crippen LogP contribution in [0.4, 0.5) is 5.82 Å². The summed E-state index contributed by atoms with van der Waals surface area (Å²) in [6.45, 7) is 2.01. The maximum atomic E-state index is 5.21. The third kappa shape index (κ3) is 2.13. The van der Waals surface area contributed by atoms with Crippen molar-refractivity contribution >= 4 is 5.82 Å². The van der Waals surface area contributed by atoms with Gasteiger partial charge in [0.1, 0.15) is 5.82 Å². The highest BCUT2D eigenvalue weighted by molar-refractivity contribution is 5.50. The predicted molar refractivity (Wildman–Crippen MR) is 61.4 cm³/mol. The van der Waals surface area contributed by atoms with E-state index in [1.807, 2.05) is 19.1 Å². The summed E-state index contributed by atoms with van der Waals surface area (Å²) in [5.41, 5.74) is 0. The number of aromatic nitrogens is 3. The van der Waals surface area contributed by atoms with Crippen LogP contribution >= 0.6 is 0 Å². The van der Waals surface area contributed by atoms with E-state index in [1.165, 1.54) is 0 Å². The second kappa shape index (κ2) is 4.65. The van der Waals surface area contributed by atoms with E-state index in [-0.39, 0.29) is 6.04 Å². The minimum absolute atomic E-state index is 0.0544. The van der Waals surface area contributed by atoms with Crippen LogP contribution in [0, 0.1) is 0 Å². The Labute approximate surface area is 93.9 Å². The summed E-state index contributed by atoms with van der Waals surface area (Å²) >= 11 is 0. The highest BCUT2D eigenvalue weighted by atomic mass is 16.5. The second-order valence-corrected chi connectivity index (χ2v) is 3.39. The van der Waals surface area contributed by atoms with Gasteiger partial charge in [-0.25, -0.2) is 9.97 Å². The zero-order valence-corrected chi connectivity index (χ0v) is 9.27. The van der Waals surface area contributed by atoms with E-state index >= 15 is 0 Å². The fourth-order valence-corrected chi connectivity index (χ4v) is 1.45. The smallest absolute Gasteiger partial charge is 0.169 e. The number of rotatable bonds is 4. The number of H-pyrrole nitrogens is 1. The number of nitrogens with one attached hydrogen (secondary N) is 2. The zero-order valence-electron chi connectivity index (χ0n) is 9.27. The zero-order chi connectivity index (χ0) is 11.4. The normalized spacial score (nSPS) is 12.1. The van der Waals surface area contributed by atoms with Gasteiger partial charge in [-0.3, -0.25) is 0 Å². The van der Waals surface area contributed by atoms with Crippen LogP contribution in [0.5, 0.6) is 5.75 Å². The number of imidazole rings is 1. The van der Waals surface area contributed by atoms with Crippen molar-refractivity contribution < 1.29 is 4.74 Å². The lowest BCUT2D eigenvalue weighted by Crippen LogP contribution is -2.10. The summed E-state index contributed by atoms with van der Waals surface area (Å²) in [6, 6.07) is 3.75. The van der Waals surface area contributed by atoms with Crippen LogP contribution in [0.1, 0.15) is 18.8 Å². The topological polar surface area (TPSA) is 62.8 Å². The fraction of sp³-hybridized carbons (Fsp3) is 0.273. The van der Waals surface area contributed by atoms with Crippen molar-refractivity contribution in [1.29, 1.82) is 0 Å². The molecule has 2 rings (SSSR count). The molecule has 0 aliphatic rings. The molecule has 0 aromatic carbocycles. The molecule has 1 unspecified atom stereocenters. The standard InChI is InChI=1S/C11H14N4O/c1-8(10-13-6-7-14-10)15-11-9(16-2)4-3-5-12-11/h3-8H,1-2H3,(H,12,15)(H,13,14). The number of methoxy groups -OCH3 is 1. The van der Waals surface area contributed by atoms with Crippen LogP contribution in [0.25, 0.3) is 0 Å². The molecule has 16 heavy (non-hydrogen) atoms. The molecular weight excluding hydrogens is 204 g/mol. The van der Waals surface area contributed by atoms with Crippen LogP contribution in [0.2, 0.25) is 0 Å². The van der Waals surface area contributed by atoms with E-state index in [9.17, 15) is 0 Å². The van der Waals surface area contributed by atoms with Gasteiger partial charge in [-0.2, -0.15) is 0 Å². The van der Waals surface area contributed by atoms with Crippen molar-refractivity contribution in [2.45, 2.75) is 13.0 Å². The Morgan fingerprint density at radius 2 is 2.25 bits per heavy atom. The third-order valence-corrected chi connectivity index (χ3v) is 2.27. The van der Waals surface area contributed by atoms with E-state index in [1.54, 1.807) is 25.7 Å². The highest BCUT2D eigenvalue weighted by Gasteiger charge is 2.10. The lowest BCUT2D eigenvalue weighted by Gasteiger charge is -2.14. The van der Waals surface area contributed by atoms with Gasteiger partial charge in [0.05, 0.1) is 13.2 Å². The average molecular weight is 218 g/mol. The molecule has 0 amide bonds. The van der Waals surface area contributed by atoms with Gasteiger partial charge < -0.3 is 15.0 Å². The lowest BCUT2D eigenvalue weighted by molar-refractivity contribution is 0.414. The summed E-state index contributed by atoms with van der Waals surface area (Å²) in [4.78, 5) is 11.5. The first-order valence-electron chi connectivity index (χ1n) is 5.06. The predicted octanol–water partition coefficient (Wildman–Crippen LogP) is 1.99. The fourth-order valence-electron chi connectivity index (χ4n) is 1.45. The summed E-state index contributed by atoms with van der Waals surface area (Å²) in [5.74, 6) is 2.31. The number of nitrogens with zero attached hydrogens (tertiary/aromatic N) is 2. The maximum Gasteiger partial charge on any atom is 0.169 e. The van der Waals surface area contributed by atoms with Gasteiger partial charge in [-0.05, 0) is 19.1 Å². The van der Waals surface area contributed by atoms with Crippen molar-refractivity contribution in [2.24, 2.45) is 0 Å². The monoisotopic (exact) mass is 218 g/mol. The SMILES string of the molecule is COc1cccnc1NC(C)c1ncc[nH]1.